The summed E-state index contributed by atoms with van der Waals surface area (Å²) in [7, 11) is 0. The quantitative estimate of drug-likeness (QED) is 0.568. The van der Waals surface area contributed by atoms with Crippen LogP contribution in [-0.2, 0) is 5.41 Å². The van der Waals surface area contributed by atoms with Gasteiger partial charge in [-0.05, 0) is 4.63 Å². The van der Waals surface area contributed by atoms with Crippen molar-refractivity contribution in [2.24, 2.45) is 0 Å². The third-order valence-electron chi connectivity index (χ3n) is 1.44. The van der Waals surface area contributed by atoms with E-state index in [9.17, 15) is 0 Å². The summed E-state index contributed by atoms with van der Waals surface area (Å²) in [5, 5.41) is 21.1. The Morgan fingerprint density at radius 2 is 2.17 bits per heavy atom. The predicted molar refractivity (Wildman–Crippen MR) is 37.3 cm³/mol. The summed E-state index contributed by atoms with van der Waals surface area (Å²) in [6.45, 7) is 5.56. The number of rotatable bonds is 0. The summed E-state index contributed by atoms with van der Waals surface area (Å²) in [5.74, 6) is 0. The van der Waals surface area contributed by atoms with Crippen LogP contribution < -0.4 is 4.90 Å². The molecule has 0 radical (unpaired) electrons. The van der Waals surface area contributed by atoms with Crippen molar-refractivity contribution in [1.82, 2.24) is 5.16 Å². The molecule has 5 heteroatoms. The molecule has 0 unspecified atom stereocenters. The molecule has 1 heterocycles. The standard InChI is InChI=1S/C7H10N3O2/c1-7(2,3)6-5(4-8)9-12-10(6)11/h11H,1-3H3/q+1. The highest BCUT2D eigenvalue weighted by Gasteiger charge is 2.35. The lowest BCUT2D eigenvalue weighted by Gasteiger charge is -2.09. The Labute approximate surface area is 69.7 Å². The van der Waals surface area contributed by atoms with Crippen molar-refractivity contribution in [3.05, 3.63) is 11.4 Å². The van der Waals surface area contributed by atoms with Gasteiger partial charge in [0.2, 0.25) is 0 Å². The first-order chi connectivity index (χ1) is 5.46. The van der Waals surface area contributed by atoms with E-state index >= 15 is 0 Å². The van der Waals surface area contributed by atoms with Crippen LogP contribution in [0.15, 0.2) is 4.63 Å². The minimum Gasteiger partial charge on any atom is -0.317 e. The average Bonchev–Trinajstić information content (AvgIpc) is 2.29. The Morgan fingerprint density at radius 1 is 1.58 bits per heavy atom. The van der Waals surface area contributed by atoms with Gasteiger partial charge in [-0.25, -0.2) is 0 Å². The maximum Gasteiger partial charge on any atom is 0.350 e. The van der Waals surface area contributed by atoms with Crippen molar-refractivity contribution >= 4 is 0 Å². The van der Waals surface area contributed by atoms with Gasteiger partial charge in [-0.3, -0.25) is 0 Å². The van der Waals surface area contributed by atoms with Gasteiger partial charge in [0.15, 0.2) is 11.2 Å². The van der Waals surface area contributed by atoms with Gasteiger partial charge in [-0.2, -0.15) is 5.26 Å². The van der Waals surface area contributed by atoms with E-state index in [1.165, 1.54) is 0 Å². The van der Waals surface area contributed by atoms with E-state index in [0.717, 1.165) is 0 Å². The highest BCUT2D eigenvalue weighted by atomic mass is 16.8. The molecule has 64 valence electrons. The molecular formula is C7H10N3O2+. The first-order valence-corrected chi connectivity index (χ1v) is 3.49. The maximum absolute atomic E-state index is 9.13. The molecule has 0 spiro atoms. The predicted octanol–water partition coefficient (Wildman–Crippen LogP) is 0.369. The highest BCUT2D eigenvalue weighted by molar-refractivity contribution is 5.25. The third-order valence-corrected chi connectivity index (χ3v) is 1.44. The smallest absolute Gasteiger partial charge is 0.317 e. The molecule has 0 saturated heterocycles. The van der Waals surface area contributed by atoms with Gasteiger partial charge in [-0.15, -0.1) is 0 Å². The minimum atomic E-state index is -0.361. The van der Waals surface area contributed by atoms with E-state index in [-0.39, 0.29) is 11.1 Å². The topological polar surface area (TPSA) is 73.9 Å². The normalized spacial score (nSPS) is 11.2. The van der Waals surface area contributed by atoms with Gasteiger partial charge in [0.05, 0.1) is 0 Å². The fourth-order valence-electron chi connectivity index (χ4n) is 0.970. The van der Waals surface area contributed by atoms with Crippen molar-refractivity contribution < 1.29 is 14.7 Å². The van der Waals surface area contributed by atoms with Gasteiger partial charge >= 0.3 is 5.69 Å². The van der Waals surface area contributed by atoms with Crippen LogP contribution in [0.5, 0.6) is 0 Å². The monoisotopic (exact) mass is 168 g/mol. The van der Waals surface area contributed by atoms with Crippen LogP contribution in [-0.4, -0.2) is 10.4 Å². The fourth-order valence-corrected chi connectivity index (χ4v) is 0.970. The average molecular weight is 168 g/mol. The summed E-state index contributed by atoms with van der Waals surface area (Å²) >= 11 is 0. The summed E-state index contributed by atoms with van der Waals surface area (Å²) in [4.78, 5) is 0.526. The van der Waals surface area contributed by atoms with Crippen LogP contribution >= 0.6 is 0 Å². The molecule has 0 aliphatic carbocycles. The van der Waals surface area contributed by atoms with Gasteiger partial charge in [0.25, 0.3) is 5.69 Å². The fraction of sp³-hybridized carbons (Fsp3) is 0.571. The third kappa shape index (κ3) is 1.23. The number of nitrogens with zero attached hydrogens (tertiary/aromatic N) is 3. The van der Waals surface area contributed by atoms with Gasteiger partial charge in [0, 0.05) is 5.41 Å². The molecule has 1 aromatic heterocycles. The summed E-state index contributed by atoms with van der Waals surface area (Å²) in [6, 6.07) is 1.84. The lowest BCUT2D eigenvalue weighted by Crippen LogP contribution is -2.38. The minimum absolute atomic E-state index is 0.116. The van der Waals surface area contributed by atoms with Crippen LogP contribution in [0.4, 0.5) is 0 Å². The van der Waals surface area contributed by atoms with Crippen LogP contribution in [0.3, 0.4) is 0 Å². The molecule has 0 aliphatic heterocycles. The summed E-state index contributed by atoms with van der Waals surface area (Å²) in [6.07, 6.45) is 0. The van der Waals surface area contributed by atoms with E-state index in [1.54, 1.807) is 0 Å². The van der Waals surface area contributed by atoms with Crippen molar-refractivity contribution in [2.45, 2.75) is 26.2 Å². The number of nitriles is 1. The number of aromatic nitrogens is 2. The maximum atomic E-state index is 9.13. The van der Waals surface area contributed by atoms with Crippen LogP contribution in [0, 0.1) is 11.3 Å². The van der Waals surface area contributed by atoms with Gasteiger partial charge < -0.3 is 5.21 Å². The lowest BCUT2D eigenvalue weighted by atomic mass is 9.91. The largest absolute Gasteiger partial charge is 0.350 e. The van der Waals surface area contributed by atoms with E-state index in [2.05, 4.69) is 9.79 Å². The molecule has 0 bridgehead atoms. The molecule has 1 aromatic rings. The van der Waals surface area contributed by atoms with Crippen molar-refractivity contribution in [3.63, 3.8) is 0 Å². The Kier molecular flexibility index (Phi) is 1.76. The van der Waals surface area contributed by atoms with Crippen molar-refractivity contribution in [1.29, 1.82) is 5.26 Å². The second-order valence-corrected chi connectivity index (χ2v) is 3.50. The first-order valence-electron chi connectivity index (χ1n) is 3.49. The van der Waals surface area contributed by atoms with E-state index < -0.39 is 0 Å². The van der Waals surface area contributed by atoms with E-state index in [0.29, 0.717) is 10.6 Å². The Bertz CT molecular complexity index is 329. The molecule has 0 aromatic carbocycles. The molecule has 5 nitrogen and oxygen atoms in total. The van der Waals surface area contributed by atoms with Crippen LogP contribution in [0.1, 0.15) is 32.2 Å². The first kappa shape index (κ1) is 8.53. The highest BCUT2D eigenvalue weighted by Crippen LogP contribution is 2.20. The van der Waals surface area contributed by atoms with Crippen LogP contribution in [0.25, 0.3) is 0 Å². The zero-order valence-corrected chi connectivity index (χ0v) is 7.20. The molecular weight excluding hydrogens is 158 g/mol. The number of hydrogen-bond acceptors (Lipinski definition) is 4. The molecule has 0 saturated carbocycles. The molecule has 1 N–H and O–H groups in total. The number of hydrogen-bond donors (Lipinski definition) is 1. The second kappa shape index (κ2) is 2.48. The molecule has 0 atom stereocenters. The molecule has 0 fully saturated rings. The zero-order chi connectivity index (χ0) is 9.35. The van der Waals surface area contributed by atoms with Gasteiger partial charge in [0.1, 0.15) is 4.90 Å². The second-order valence-electron chi connectivity index (χ2n) is 3.50. The van der Waals surface area contributed by atoms with E-state index in [1.807, 2.05) is 26.8 Å². The van der Waals surface area contributed by atoms with Crippen LogP contribution in [0.2, 0.25) is 0 Å². The SMILES string of the molecule is CC(C)(C)c1c(C#N)no[n+]1O. The van der Waals surface area contributed by atoms with Crippen molar-refractivity contribution in [2.75, 3.05) is 0 Å². The Morgan fingerprint density at radius 3 is 2.50 bits per heavy atom. The van der Waals surface area contributed by atoms with E-state index in [4.69, 9.17) is 10.5 Å². The zero-order valence-electron chi connectivity index (χ0n) is 7.20. The molecule has 0 amide bonds. The molecule has 0 aliphatic rings. The molecule has 12 heavy (non-hydrogen) atoms. The summed E-state index contributed by atoms with van der Waals surface area (Å²) < 4.78 is 4.41. The Balaban J connectivity index is 3.32. The van der Waals surface area contributed by atoms with Gasteiger partial charge in [-0.1, -0.05) is 20.8 Å². The molecule has 1 rings (SSSR count). The Hall–Kier alpha value is -1.57. The van der Waals surface area contributed by atoms with Crippen molar-refractivity contribution in [3.8, 4) is 6.07 Å². The lowest BCUT2D eigenvalue weighted by molar-refractivity contribution is -1.04. The summed E-state index contributed by atoms with van der Waals surface area (Å²) in [5.41, 5.74) is 0.134.